The molecule has 1 aliphatic heterocycles. The van der Waals surface area contributed by atoms with Gasteiger partial charge in [-0.2, -0.15) is 0 Å². The monoisotopic (exact) mass is 292 g/mol. The minimum atomic E-state index is -0.345. The van der Waals surface area contributed by atoms with E-state index in [-0.39, 0.29) is 5.97 Å². The second-order valence-corrected chi connectivity index (χ2v) is 5.27. The first kappa shape index (κ1) is 15.6. The Hall–Kier alpha value is -1.75. The van der Waals surface area contributed by atoms with E-state index in [2.05, 4.69) is 12.2 Å². The lowest BCUT2D eigenvalue weighted by molar-refractivity contribution is 0.0527. The van der Waals surface area contributed by atoms with Crippen molar-refractivity contribution in [3.05, 3.63) is 23.8 Å². The highest BCUT2D eigenvalue weighted by molar-refractivity contribution is 5.96. The molecule has 0 amide bonds. The summed E-state index contributed by atoms with van der Waals surface area (Å²) in [5.41, 5.74) is 7.58. The lowest BCUT2D eigenvalue weighted by Crippen LogP contribution is -2.23. The van der Waals surface area contributed by atoms with E-state index in [9.17, 15) is 4.79 Å². The highest BCUT2D eigenvalue weighted by Crippen LogP contribution is 2.25. The zero-order valence-electron chi connectivity index (χ0n) is 12.7. The van der Waals surface area contributed by atoms with Crippen LogP contribution >= 0.6 is 0 Å². The van der Waals surface area contributed by atoms with Gasteiger partial charge in [0.1, 0.15) is 0 Å². The Morgan fingerprint density at radius 3 is 3.00 bits per heavy atom. The minimum Gasteiger partial charge on any atom is -0.462 e. The van der Waals surface area contributed by atoms with Crippen molar-refractivity contribution in [3.63, 3.8) is 0 Å². The van der Waals surface area contributed by atoms with E-state index in [0.717, 1.165) is 31.7 Å². The van der Waals surface area contributed by atoms with E-state index in [1.54, 1.807) is 19.1 Å². The molecule has 1 aromatic carbocycles. The number of rotatable bonds is 6. The molecule has 2 rings (SSSR count). The third-order valence-corrected chi connectivity index (χ3v) is 3.84. The maximum absolute atomic E-state index is 12.0. The van der Waals surface area contributed by atoms with Crippen molar-refractivity contribution in [1.29, 1.82) is 0 Å². The molecule has 116 valence electrons. The average molecular weight is 292 g/mol. The molecule has 1 heterocycles. The number of nitrogen functional groups attached to an aromatic ring is 1. The maximum atomic E-state index is 12.0. The van der Waals surface area contributed by atoms with Gasteiger partial charge < -0.3 is 20.5 Å². The van der Waals surface area contributed by atoms with Crippen LogP contribution in [0.2, 0.25) is 0 Å². The Morgan fingerprint density at radius 2 is 2.29 bits per heavy atom. The fourth-order valence-electron chi connectivity index (χ4n) is 2.71. The summed E-state index contributed by atoms with van der Waals surface area (Å²) in [6, 6.07) is 5.27. The Kier molecular flexibility index (Phi) is 5.44. The largest absolute Gasteiger partial charge is 0.462 e. The number of nitrogens with two attached hydrogens (primary N) is 1. The predicted octanol–water partition coefficient (Wildman–Crippen LogP) is 2.67. The van der Waals surface area contributed by atoms with Crippen molar-refractivity contribution in [1.82, 2.24) is 0 Å². The zero-order valence-corrected chi connectivity index (χ0v) is 12.7. The van der Waals surface area contributed by atoms with Gasteiger partial charge in [-0.3, -0.25) is 0 Å². The van der Waals surface area contributed by atoms with Gasteiger partial charge >= 0.3 is 5.97 Å². The fraction of sp³-hybridized carbons (Fsp3) is 0.562. The van der Waals surface area contributed by atoms with E-state index < -0.39 is 0 Å². The molecule has 2 atom stereocenters. The van der Waals surface area contributed by atoms with E-state index >= 15 is 0 Å². The van der Waals surface area contributed by atoms with Gasteiger partial charge in [0.25, 0.3) is 0 Å². The van der Waals surface area contributed by atoms with Gasteiger partial charge in [0, 0.05) is 30.4 Å². The van der Waals surface area contributed by atoms with Crippen molar-refractivity contribution in [3.8, 4) is 0 Å². The molecule has 1 saturated heterocycles. The molecule has 0 bridgehead atoms. The highest BCUT2D eigenvalue weighted by atomic mass is 16.5. The summed E-state index contributed by atoms with van der Waals surface area (Å²) >= 11 is 0. The standard InChI is InChI=1S/C16H24N2O3/c1-3-15-11(7-8-21-15)10-18-14-6-5-12(17)9-13(14)16(19)20-4-2/h5-6,9,11,15,18H,3-4,7-8,10,17H2,1-2H3. The summed E-state index contributed by atoms with van der Waals surface area (Å²) in [4.78, 5) is 12.0. The van der Waals surface area contributed by atoms with Crippen molar-refractivity contribution in [2.75, 3.05) is 30.8 Å². The highest BCUT2D eigenvalue weighted by Gasteiger charge is 2.26. The molecule has 1 aromatic rings. The molecule has 2 unspecified atom stereocenters. The first-order valence-electron chi connectivity index (χ1n) is 7.57. The van der Waals surface area contributed by atoms with Gasteiger partial charge in [0.15, 0.2) is 0 Å². The molecule has 5 heteroatoms. The van der Waals surface area contributed by atoms with E-state index in [0.29, 0.717) is 29.9 Å². The number of benzene rings is 1. The number of hydrogen-bond acceptors (Lipinski definition) is 5. The van der Waals surface area contributed by atoms with Crippen LogP contribution in [-0.2, 0) is 9.47 Å². The molecule has 0 saturated carbocycles. The zero-order chi connectivity index (χ0) is 15.2. The molecule has 21 heavy (non-hydrogen) atoms. The van der Waals surface area contributed by atoms with Crippen LogP contribution < -0.4 is 11.1 Å². The normalized spacial score (nSPS) is 21.2. The number of carbonyl (C=O) groups excluding carboxylic acids is 1. The molecule has 0 spiro atoms. The summed E-state index contributed by atoms with van der Waals surface area (Å²) < 4.78 is 10.8. The summed E-state index contributed by atoms with van der Waals surface area (Å²) in [6.07, 6.45) is 2.37. The second-order valence-electron chi connectivity index (χ2n) is 5.27. The SMILES string of the molecule is CCOC(=O)c1cc(N)ccc1NCC1CCOC1CC. The van der Waals surface area contributed by atoms with E-state index in [1.165, 1.54) is 0 Å². The molecular weight excluding hydrogens is 268 g/mol. The number of anilines is 2. The molecular formula is C16H24N2O3. The van der Waals surface area contributed by atoms with E-state index in [4.69, 9.17) is 15.2 Å². The van der Waals surface area contributed by atoms with Gasteiger partial charge in [-0.25, -0.2) is 4.79 Å². The lowest BCUT2D eigenvalue weighted by Gasteiger charge is -2.19. The first-order chi connectivity index (χ1) is 10.2. The molecule has 0 aliphatic carbocycles. The molecule has 0 aromatic heterocycles. The number of hydrogen-bond donors (Lipinski definition) is 2. The fourth-order valence-corrected chi connectivity index (χ4v) is 2.71. The van der Waals surface area contributed by atoms with Gasteiger partial charge in [-0.1, -0.05) is 6.92 Å². The topological polar surface area (TPSA) is 73.6 Å². The Labute approximate surface area is 125 Å². The molecule has 3 N–H and O–H groups in total. The van der Waals surface area contributed by atoms with Crippen LogP contribution in [0.5, 0.6) is 0 Å². The van der Waals surface area contributed by atoms with Gasteiger partial charge in [0.05, 0.1) is 18.3 Å². The molecule has 5 nitrogen and oxygen atoms in total. The van der Waals surface area contributed by atoms with Crippen LogP contribution in [0, 0.1) is 5.92 Å². The number of ether oxygens (including phenoxy) is 2. The van der Waals surface area contributed by atoms with Gasteiger partial charge in [-0.05, 0) is 38.0 Å². The molecule has 0 radical (unpaired) electrons. The van der Waals surface area contributed by atoms with Crippen LogP contribution in [0.15, 0.2) is 18.2 Å². The van der Waals surface area contributed by atoms with Crippen LogP contribution in [0.25, 0.3) is 0 Å². The summed E-state index contributed by atoms with van der Waals surface area (Å²) in [5, 5.41) is 3.35. The van der Waals surface area contributed by atoms with Crippen molar-refractivity contribution in [2.45, 2.75) is 32.8 Å². The Bertz CT molecular complexity index is 490. The number of nitrogens with one attached hydrogen (secondary N) is 1. The average Bonchev–Trinajstić information content (AvgIpc) is 2.93. The van der Waals surface area contributed by atoms with Crippen LogP contribution in [-0.4, -0.2) is 31.8 Å². The summed E-state index contributed by atoms with van der Waals surface area (Å²) in [7, 11) is 0. The van der Waals surface area contributed by atoms with Crippen LogP contribution in [0.1, 0.15) is 37.0 Å². The summed E-state index contributed by atoms with van der Waals surface area (Å²) in [5.74, 6) is 0.129. The Morgan fingerprint density at radius 1 is 1.48 bits per heavy atom. The van der Waals surface area contributed by atoms with E-state index in [1.807, 2.05) is 6.07 Å². The van der Waals surface area contributed by atoms with Crippen molar-refractivity contribution < 1.29 is 14.3 Å². The third kappa shape index (κ3) is 3.88. The van der Waals surface area contributed by atoms with Crippen molar-refractivity contribution >= 4 is 17.3 Å². The predicted molar refractivity (Wildman–Crippen MR) is 83.4 cm³/mol. The van der Waals surface area contributed by atoms with Gasteiger partial charge in [0.2, 0.25) is 0 Å². The number of carbonyl (C=O) groups is 1. The number of esters is 1. The molecule has 1 fully saturated rings. The van der Waals surface area contributed by atoms with Gasteiger partial charge in [-0.15, -0.1) is 0 Å². The second kappa shape index (κ2) is 7.31. The summed E-state index contributed by atoms with van der Waals surface area (Å²) in [6.45, 7) is 5.88. The third-order valence-electron chi connectivity index (χ3n) is 3.84. The first-order valence-corrected chi connectivity index (χ1v) is 7.57. The van der Waals surface area contributed by atoms with Crippen LogP contribution in [0.3, 0.4) is 0 Å². The maximum Gasteiger partial charge on any atom is 0.340 e. The van der Waals surface area contributed by atoms with Crippen LogP contribution in [0.4, 0.5) is 11.4 Å². The lowest BCUT2D eigenvalue weighted by atomic mass is 9.99. The Balaban J connectivity index is 2.07. The molecule has 1 aliphatic rings. The van der Waals surface area contributed by atoms with Crippen molar-refractivity contribution in [2.24, 2.45) is 5.92 Å². The minimum absolute atomic E-state index is 0.303. The quantitative estimate of drug-likeness (QED) is 0.623. The smallest absolute Gasteiger partial charge is 0.340 e.